The van der Waals surface area contributed by atoms with Crippen LogP contribution in [0.15, 0.2) is 48.6 Å². The smallest absolute Gasteiger partial charge is 0.317 e. The molecule has 10 atom stereocenters. The van der Waals surface area contributed by atoms with Crippen molar-refractivity contribution in [1.29, 1.82) is 0 Å². The zero-order valence-electron chi connectivity index (χ0n) is 30.7. The Labute approximate surface area is 286 Å². The van der Waals surface area contributed by atoms with E-state index in [1.807, 2.05) is 0 Å². The van der Waals surface area contributed by atoms with E-state index in [1.54, 1.807) is 11.1 Å². The van der Waals surface area contributed by atoms with Crippen LogP contribution in [-0.2, 0) is 19.1 Å². The third-order valence-electron chi connectivity index (χ3n) is 15.3. The highest BCUT2D eigenvalue weighted by molar-refractivity contribution is 5.91. The number of esters is 2. The van der Waals surface area contributed by atoms with Gasteiger partial charge >= 0.3 is 11.9 Å². The molecule has 0 unspecified atom stereocenters. The number of carbonyl (C=O) groups excluding carboxylic acids is 2. The quantitative estimate of drug-likeness (QED) is 0.150. The van der Waals surface area contributed by atoms with Crippen molar-refractivity contribution < 1.29 is 19.1 Å². The zero-order valence-corrected chi connectivity index (χ0v) is 30.7. The molecule has 0 heterocycles. The molecule has 0 aromatic rings. The van der Waals surface area contributed by atoms with Crippen molar-refractivity contribution in [2.24, 2.45) is 56.2 Å². The van der Waals surface area contributed by atoms with E-state index >= 15 is 0 Å². The van der Waals surface area contributed by atoms with E-state index in [0.29, 0.717) is 36.9 Å². The summed E-state index contributed by atoms with van der Waals surface area (Å²) in [7, 11) is 0. The molecular weight excluding hydrogens is 580 g/mol. The summed E-state index contributed by atoms with van der Waals surface area (Å²) in [6.45, 7) is 23.4. The Morgan fingerprint density at radius 3 is 1.47 bits per heavy atom. The number of carbonyl (C=O) groups is 2. The summed E-state index contributed by atoms with van der Waals surface area (Å²) in [6.07, 6.45) is 25.3. The van der Waals surface area contributed by atoms with E-state index < -0.39 is 11.9 Å². The molecule has 0 radical (unpaired) electrons. The summed E-state index contributed by atoms with van der Waals surface area (Å²) >= 11 is 0. The van der Waals surface area contributed by atoms with E-state index in [2.05, 4.69) is 79.0 Å². The molecule has 4 fully saturated rings. The molecule has 4 nitrogen and oxygen atoms in total. The second kappa shape index (κ2) is 12.3. The van der Waals surface area contributed by atoms with Gasteiger partial charge in [-0.1, -0.05) is 89.8 Å². The number of rotatable bonds is 8. The minimum Gasteiger partial charge on any atom is -0.465 e. The Morgan fingerprint density at radius 2 is 1.09 bits per heavy atom. The van der Waals surface area contributed by atoms with E-state index in [-0.39, 0.29) is 38.9 Å². The molecule has 0 spiro atoms. The Kier molecular flexibility index (Phi) is 9.13. The van der Waals surface area contributed by atoms with Crippen LogP contribution in [-0.4, -0.2) is 25.2 Å². The van der Waals surface area contributed by atoms with Crippen molar-refractivity contribution in [3.63, 3.8) is 0 Å². The minimum atomic E-state index is -0.437. The third-order valence-corrected chi connectivity index (χ3v) is 15.3. The summed E-state index contributed by atoms with van der Waals surface area (Å²) < 4.78 is 11.9. The van der Waals surface area contributed by atoms with Gasteiger partial charge in [-0.25, -0.2) is 0 Å². The highest BCUT2D eigenvalue weighted by Gasteiger charge is 2.57. The van der Waals surface area contributed by atoms with Gasteiger partial charge in [0.05, 0.1) is 13.2 Å². The average Bonchev–Trinajstić information content (AvgIpc) is 3.02. The van der Waals surface area contributed by atoms with Crippen LogP contribution in [0.2, 0.25) is 0 Å². The lowest BCUT2D eigenvalue weighted by Gasteiger charge is -2.59. The topological polar surface area (TPSA) is 52.6 Å². The molecule has 4 saturated carbocycles. The van der Waals surface area contributed by atoms with Crippen molar-refractivity contribution in [1.82, 2.24) is 0 Å². The highest BCUT2D eigenvalue weighted by atomic mass is 16.6. The van der Waals surface area contributed by atoms with Crippen LogP contribution in [0.4, 0.5) is 0 Å². The molecule has 0 amide bonds. The lowest BCUT2D eigenvalue weighted by Crippen LogP contribution is -2.52. The normalized spacial score (nSPS) is 45.8. The summed E-state index contributed by atoms with van der Waals surface area (Å²) in [6, 6.07) is 0. The largest absolute Gasteiger partial charge is 0.465 e. The molecule has 0 N–H and O–H groups in total. The van der Waals surface area contributed by atoms with Crippen LogP contribution in [0.25, 0.3) is 0 Å². The SMILES string of the molecule is C=C[C@@]1(C)CC=C2[C@H](CC[C@H]3[C@](C)(COC(=O)CC(=O)OC[C@]4(C)CCC[C@@]5(C)C6=CC[C@@](C)(C=C)C[C@H]6CC[C@H]45)CCC[C@@]23C)C1. The van der Waals surface area contributed by atoms with Gasteiger partial charge < -0.3 is 9.47 Å². The van der Waals surface area contributed by atoms with Gasteiger partial charge in [0, 0.05) is 10.8 Å². The molecule has 0 aliphatic heterocycles. The average molecular weight is 645 g/mol. The Morgan fingerprint density at radius 1 is 0.681 bits per heavy atom. The van der Waals surface area contributed by atoms with Gasteiger partial charge in [0.2, 0.25) is 0 Å². The fourth-order valence-electron chi connectivity index (χ4n) is 12.6. The monoisotopic (exact) mass is 644 g/mol. The number of hydrogen-bond acceptors (Lipinski definition) is 4. The molecule has 0 aromatic heterocycles. The number of fused-ring (bicyclic) bond motifs is 6. The first kappa shape index (κ1) is 34.8. The standard InChI is InChI=1S/C43H64O4/c1-9-38(3)23-17-32-30(26-38)13-15-34-40(5,19-11-21-42(32,34)7)28-46-36(44)25-37(45)47-29-41(6)20-12-22-43(8)33-18-24-39(4,10-2)27-31(33)14-16-35(41)43/h9-10,17-18,30-31,34-35H,1-2,11-16,19-29H2,3-8H3/t30-,31-,34-,35+,38-,39+,40+,41+,42+,43+/m1/s1. The van der Waals surface area contributed by atoms with Crippen LogP contribution in [0, 0.1) is 56.2 Å². The summed E-state index contributed by atoms with van der Waals surface area (Å²) in [5.74, 6) is 1.37. The van der Waals surface area contributed by atoms with Crippen LogP contribution in [0.5, 0.6) is 0 Å². The molecule has 260 valence electrons. The van der Waals surface area contributed by atoms with Crippen molar-refractivity contribution in [3.05, 3.63) is 48.6 Å². The van der Waals surface area contributed by atoms with E-state index in [0.717, 1.165) is 38.5 Å². The maximum atomic E-state index is 13.1. The van der Waals surface area contributed by atoms with Crippen molar-refractivity contribution in [2.45, 2.75) is 138 Å². The van der Waals surface area contributed by atoms with Crippen LogP contribution in [0.3, 0.4) is 0 Å². The molecular formula is C43H64O4. The predicted molar refractivity (Wildman–Crippen MR) is 190 cm³/mol. The third kappa shape index (κ3) is 6.16. The Balaban J connectivity index is 1.04. The van der Waals surface area contributed by atoms with E-state index in [4.69, 9.17) is 9.47 Å². The molecule has 4 heteroatoms. The first-order valence-electron chi connectivity index (χ1n) is 19.1. The van der Waals surface area contributed by atoms with Gasteiger partial charge in [-0.3, -0.25) is 9.59 Å². The minimum absolute atomic E-state index is 0.0760. The molecule has 0 aromatic carbocycles. The van der Waals surface area contributed by atoms with E-state index in [1.165, 1.54) is 51.4 Å². The highest BCUT2D eigenvalue weighted by Crippen LogP contribution is 2.65. The molecule has 0 bridgehead atoms. The van der Waals surface area contributed by atoms with Crippen molar-refractivity contribution >= 4 is 11.9 Å². The van der Waals surface area contributed by atoms with Gasteiger partial charge in [0.1, 0.15) is 6.42 Å². The summed E-state index contributed by atoms with van der Waals surface area (Å²) in [5, 5.41) is 0. The fourth-order valence-corrected chi connectivity index (χ4v) is 12.6. The Bertz CT molecular complexity index is 1240. The second-order valence-corrected chi connectivity index (χ2v) is 18.9. The summed E-state index contributed by atoms with van der Waals surface area (Å²) in [5.41, 5.74) is 3.88. The van der Waals surface area contributed by atoms with E-state index in [9.17, 15) is 9.59 Å². The Hall–Kier alpha value is -2.10. The van der Waals surface area contributed by atoms with Gasteiger partial charge in [-0.15, -0.1) is 13.2 Å². The number of hydrogen-bond donors (Lipinski definition) is 0. The lowest BCUT2D eigenvalue weighted by atomic mass is 9.46. The second-order valence-electron chi connectivity index (χ2n) is 18.9. The van der Waals surface area contributed by atoms with Crippen LogP contribution in [0.1, 0.15) is 138 Å². The fraction of sp³-hybridized carbons (Fsp3) is 0.767. The summed E-state index contributed by atoms with van der Waals surface area (Å²) in [4.78, 5) is 26.2. The zero-order chi connectivity index (χ0) is 33.9. The van der Waals surface area contributed by atoms with Gasteiger partial charge in [0.25, 0.3) is 0 Å². The number of ether oxygens (including phenoxy) is 2. The van der Waals surface area contributed by atoms with Crippen molar-refractivity contribution in [2.75, 3.05) is 13.2 Å². The molecule has 47 heavy (non-hydrogen) atoms. The lowest BCUT2D eigenvalue weighted by molar-refractivity contribution is -0.163. The first-order valence-corrected chi connectivity index (χ1v) is 19.1. The molecule has 6 aliphatic carbocycles. The van der Waals surface area contributed by atoms with Gasteiger partial charge in [-0.2, -0.15) is 0 Å². The first-order chi connectivity index (χ1) is 22.1. The predicted octanol–water partition coefficient (Wildman–Crippen LogP) is 10.7. The van der Waals surface area contributed by atoms with Crippen LogP contribution >= 0.6 is 0 Å². The van der Waals surface area contributed by atoms with Crippen LogP contribution < -0.4 is 0 Å². The maximum Gasteiger partial charge on any atom is 0.317 e. The molecule has 6 aliphatic rings. The van der Waals surface area contributed by atoms with Gasteiger partial charge in [-0.05, 0) is 122 Å². The molecule has 6 rings (SSSR count). The van der Waals surface area contributed by atoms with Gasteiger partial charge in [0.15, 0.2) is 0 Å². The maximum absolute atomic E-state index is 13.1. The molecule has 0 saturated heterocycles. The number of allylic oxidation sites excluding steroid dienone is 6. The van der Waals surface area contributed by atoms with Crippen molar-refractivity contribution in [3.8, 4) is 0 Å².